The lowest BCUT2D eigenvalue weighted by Gasteiger charge is -2.29. The first-order chi connectivity index (χ1) is 17.1. The summed E-state index contributed by atoms with van der Waals surface area (Å²) in [4.78, 5) is 3.78. The number of hydrogen-bond acceptors (Lipinski definition) is 6. The molecule has 2 aromatic rings. The summed E-state index contributed by atoms with van der Waals surface area (Å²) in [7, 11) is 5.02. The minimum Gasteiger partial charge on any atom is -0.499 e. The van der Waals surface area contributed by atoms with Gasteiger partial charge in [0.2, 0.25) is 0 Å². The third kappa shape index (κ3) is 6.65. The van der Waals surface area contributed by atoms with Crippen LogP contribution in [-0.4, -0.2) is 46.5 Å². The van der Waals surface area contributed by atoms with Crippen LogP contribution in [0.3, 0.4) is 0 Å². The zero-order chi connectivity index (χ0) is 25.2. The number of fused-ring (bicyclic) bond motifs is 1. The number of nitrogens with zero attached hydrogens (tertiary/aromatic N) is 1. The van der Waals surface area contributed by atoms with E-state index in [9.17, 15) is 0 Å². The summed E-state index contributed by atoms with van der Waals surface area (Å²) < 4.78 is 22.4. The van der Waals surface area contributed by atoms with Crippen LogP contribution in [0.4, 0.5) is 5.69 Å². The van der Waals surface area contributed by atoms with E-state index >= 15 is 0 Å². The van der Waals surface area contributed by atoms with Gasteiger partial charge in [-0.25, -0.2) is 0 Å². The van der Waals surface area contributed by atoms with Crippen LogP contribution in [0.2, 0.25) is 0 Å². The molecule has 0 amide bonds. The monoisotopic (exact) mass is 495 g/mol. The molecule has 0 fully saturated rings. The second kappa shape index (κ2) is 13.3. The van der Waals surface area contributed by atoms with Crippen molar-refractivity contribution >= 4 is 17.4 Å². The summed E-state index contributed by atoms with van der Waals surface area (Å²) in [6.07, 6.45) is 7.28. The van der Waals surface area contributed by atoms with Gasteiger partial charge in [0.05, 0.1) is 33.6 Å². The molecule has 5 nitrogen and oxygen atoms in total. The molecule has 0 saturated heterocycles. The molecule has 0 N–H and O–H groups in total. The Morgan fingerprint density at radius 2 is 1.71 bits per heavy atom. The van der Waals surface area contributed by atoms with Gasteiger partial charge in [-0.3, -0.25) is 0 Å². The number of anilines is 1. The number of benzene rings is 2. The van der Waals surface area contributed by atoms with Gasteiger partial charge >= 0.3 is 0 Å². The van der Waals surface area contributed by atoms with E-state index in [1.807, 2.05) is 37.8 Å². The molecule has 0 aliphatic carbocycles. The van der Waals surface area contributed by atoms with E-state index in [0.29, 0.717) is 13.2 Å². The van der Waals surface area contributed by atoms with Gasteiger partial charge in [0.25, 0.3) is 0 Å². The summed E-state index contributed by atoms with van der Waals surface area (Å²) >= 11 is 1.89. The predicted molar refractivity (Wildman–Crippen MR) is 146 cm³/mol. The standard InChI is InChI=1S/C27H31NO4S.C2H6/c1-19-9-11-21(17-32-18-22(15-19)29-2)27-28(23-7-5-6-8-26(23)33-27)14-13-20-10-12-24(30-3)25(16-20)31-4;1-2/h5-12,15-16,27H,13-14,17-18H2,1-4H3;1-2H3/b19-9-,21-11+,22-15+;. The van der Waals surface area contributed by atoms with Gasteiger partial charge in [0.15, 0.2) is 11.5 Å². The first kappa shape index (κ1) is 26.8. The van der Waals surface area contributed by atoms with Gasteiger partial charge in [0, 0.05) is 11.4 Å². The molecule has 2 heterocycles. The topological polar surface area (TPSA) is 40.2 Å². The number of rotatable bonds is 7. The highest BCUT2D eigenvalue weighted by Crippen LogP contribution is 2.46. The third-order valence-corrected chi connectivity index (χ3v) is 7.21. The van der Waals surface area contributed by atoms with Crippen molar-refractivity contribution in [3.63, 3.8) is 0 Å². The average molecular weight is 496 g/mol. The Morgan fingerprint density at radius 1 is 0.943 bits per heavy atom. The molecule has 0 radical (unpaired) electrons. The minimum absolute atomic E-state index is 0.177. The fourth-order valence-electron chi connectivity index (χ4n) is 4.07. The lowest BCUT2D eigenvalue weighted by atomic mass is 10.1. The van der Waals surface area contributed by atoms with Crippen LogP contribution in [0.25, 0.3) is 0 Å². The largest absolute Gasteiger partial charge is 0.499 e. The number of para-hydroxylation sites is 1. The highest BCUT2D eigenvalue weighted by Gasteiger charge is 2.32. The lowest BCUT2D eigenvalue weighted by Crippen LogP contribution is -2.34. The fourth-order valence-corrected chi connectivity index (χ4v) is 5.42. The van der Waals surface area contributed by atoms with Crippen molar-refractivity contribution in [2.75, 3.05) is 46.0 Å². The van der Waals surface area contributed by atoms with Crippen molar-refractivity contribution in [2.24, 2.45) is 0 Å². The normalized spacial score (nSPS) is 21.8. The number of hydrogen-bond donors (Lipinski definition) is 0. The zero-order valence-electron chi connectivity index (χ0n) is 21.7. The molecule has 0 saturated carbocycles. The van der Waals surface area contributed by atoms with Crippen molar-refractivity contribution in [1.82, 2.24) is 0 Å². The van der Waals surface area contributed by atoms with E-state index in [1.165, 1.54) is 21.7 Å². The van der Waals surface area contributed by atoms with E-state index in [0.717, 1.165) is 35.8 Å². The van der Waals surface area contributed by atoms with Gasteiger partial charge in [-0.15, -0.1) is 0 Å². The summed E-state index contributed by atoms with van der Waals surface area (Å²) in [6, 6.07) is 14.8. The molecule has 0 bridgehead atoms. The Bertz CT molecular complexity index is 1080. The molecule has 2 aliphatic heterocycles. The number of ether oxygens (including phenoxy) is 4. The first-order valence-electron chi connectivity index (χ1n) is 12.1. The van der Waals surface area contributed by atoms with Crippen LogP contribution in [0.1, 0.15) is 26.3 Å². The number of thioether (sulfide) groups is 1. The van der Waals surface area contributed by atoms with Crippen LogP contribution in [0.5, 0.6) is 11.5 Å². The molecular weight excluding hydrogens is 458 g/mol. The average Bonchev–Trinajstić information content (AvgIpc) is 3.30. The van der Waals surface area contributed by atoms with Crippen molar-refractivity contribution in [1.29, 1.82) is 0 Å². The first-order valence-corrected chi connectivity index (χ1v) is 12.9. The number of allylic oxidation sites excluding steroid dienone is 4. The van der Waals surface area contributed by atoms with E-state index in [-0.39, 0.29) is 5.37 Å². The van der Waals surface area contributed by atoms with E-state index in [2.05, 4.69) is 60.4 Å². The highest BCUT2D eigenvalue weighted by molar-refractivity contribution is 8.00. The van der Waals surface area contributed by atoms with Crippen LogP contribution in [0, 0.1) is 0 Å². The Kier molecular flexibility index (Phi) is 10.2. The van der Waals surface area contributed by atoms with Crippen molar-refractivity contribution in [3.8, 4) is 11.5 Å². The summed E-state index contributed by atoms with van der Waals surface area (Å²) in [6.45, 7) is 7.99. The van der Waals surface area contributed by atoms with Crippen LogP contribution in [0.15, 0.2) is 82.5 Å². The van der Waals surface area contributed by atoms with Crippen molar-refractivity contribution < 1.29 is 18.9 Å². The molecule has 6 heteroatoms. The van der Waals surface area contributed by atoms with Gasteiger partial charge in [-0.2, -0.15) is 0 Å². The van der Waals surface area contributed by atoms with Gasteiger partial charge in [-0.1, -0.05) is 56.0 Å². The molecular formula is C29H37NO4S. The molecule has 1 unspecified atom stereocenters. The smallest absolute Gasteiger partial charge is 0.160 e. The zero-order valence-corrected chi connectivity index (χ0v) is 22.5. The highest BCUT2D eigenvalue weighted by atomic mass is 32.2. The Hall–Kier alpha value is -2.83. The molecule has 0 aromatic heterocycles. The molecule has 2 aromatic carbocycles. The molecule has 35 heavy (non-hydrogen) atoms. The molecule has 0 spiro atoms. The lowest BCUT2D eigenvalue weighted by molar-refractivity contribution is 0.129. The second-order valence-corrected chi connectivity index (χ2v) is 9.15. The van der Waals surface area contributed by atoms with Gasteiger partial charge in [-0.05, 0) is 60.4 Å². The summed E-state index contributed by atoms with van der Waals surface area (Å²) in [5.41, 5.74) is 4.87. The maximum atomic E-state index is 6.03. The van der Waals surface area contributed by atoms with E-state index < -0.39 is 0 Å². The summed E-state index contributed by atoms with van der Waals surface area (Å²) in [5, 5.41) is 0.177. The summed E-state index contributed by atoms with van der Waals surface area (Å²) in [5.74, 6) is 2.35. The maximum absolute atomic E-state index is 6.03. The predicted octanol–water partition coefficient (Wildman–Crippen LogP) is 6.64. The maximum Gasteiger partial charge on any atom is 0.160 e. The van der Waals surface area contributed by atoms with Crippen LogP contribution < -0.4 is 14.4 Å². The van der Waals surface area contributed by atoms with Gasteiger partial charge < -0.3 is 23.8 Å². The molecule has 2 aliphatic rings. The Morgan fingerprint density at radius 3 is 2.46 bits per heavy atom. The minimum atomic E-state index is 0.177. The Balaban J connectivity index is 0.00000167. The van der Waals surface area contributed by atoms with Crippen molar-refractivity contribution in [2.45, 2.75) is 37.5 Å². The molecule has 188 valence electrons. The van der Waals surface area contributed by atoms with E-state index in [4.69, 9.17) is 18.9 Å². The quantitative estimate of drug-likeness (QED) is 0.429. The van der Waals surface area contributed by atoms with Gasteiger partial charge in [0.1, 0.15) is 17.7 Å². The fraction of sp³-hybridized carbons (Fsp3) is 0.379. The molecule has 4 rings (SSSR count). The number of methoxy groups -OCH3 is 3. The second-order valence-electron chi connectivity index (χ2n) is 8.03. The van der Waals surface area contributed by atoms with E-state index in [1.54, 1.807) is 21.3 Å². The Labute approximate surface area is 214 Å². The third-order valence-electron chi connectivity index (χ3n) is 5.83. The molecule has 1 atom stereocenters. The van der Waals surface area contributed by atoms with Crippen molar-refractivity contribution in [3.05, 3.63) is 83.2 Å². The SMILES string of the molecule is CC.CO/C1=C/C(C)=C\C=C(\C2Sc3ccccc3N2CCc2ccc(OC)c(OC)c2)COC1. The van der Waals surface area contributed by atoms with Crippen LogP contribution in [-0.2, 0) is 15.9 Å². The van der Waals surface area contributed by atoms with Crippen LogP contribution >= 0.6 is 11.8 Å².